The minimum atomic E-state index is -3.55. The number of nitrogens with zero attached hydrogens (tertiary/aromatic N) is 4. The number of aromatic nitrogens is 3. The molecule has 0 radical (unpaired) electrons. The van der Waals surface area contributed by atoms with Crippen LogP contribution < -0.4 is 19.9 Å². The van der Waals surface area contributed by atoms with Crippen molar-refractivity contribution in [2.24, 2.45) is 9.50 Å². The summed E-state index contributed by atoms with van der Waals surface area (Å²) in [5.74, 6) is 0.747. The average molecular weight is 455 g/mol. The number of methoxy groups -OCH3 is 1. The molecular formula is C21H22N6O4S. The fraction of sp³-hybridized carbons (Fsp3) is 0.286. The third-order valence-electron chi connectivity index (χ3n) is 5.58. The summed E-state index contributed by atoms with van der Waals surface area (Å²) >= 11 is 0. The van der Waals surface area contributed by atoms with Crippen LogP contribution in [0.4, 0.5) is 10.5 Å². The van der Waals surface area contributed by atoms with E-state index >= 15 is 0 Å². The number of amides is 2. The molecule has 11 heteroatoms. The highest BCUT2D eigenvalue weighted by molar-refractivity contribution is 7.91. The Morgan fingerprint density at radius 2 is 2.22 bits per heavy atom. The predicted octanol–water partition coefficient (Wildman–Crippen LogP) is 2.77. The van der Waals surface area contributed by atoms with Gasteiger partial charge in [-0.3, -0.25) is 0 Å². The predicted molar refractivity (Wildman–Crippen MR) is 118 cm³/mol. The number of urea groups is 1. The number of ether oxygens (including phenoxy) is 2. The van der Waals surface area contributed by atoms with Gasteiger partial charge in [0.05, 0.1) is 25.5 Å². The zero-order chi connectivity index (χ0) is 22.5. The number of fused-ring (bicyclic) bond motifs is 2. The monoisotopic (exact) mass is 454 g/mol. The SMILES string of the molecule is COc1cc(-c2ccc3c(c2NC(=O)N=[S@](N)(=O)c2cnn4c2O[C@H](C)C4)CC3)ccn1. The van der Waals surface area contributed by atoms with E-state index in [1.54, 1.807) is 24.1 Å². The van der Waals surface area contributed by atoms with Crippen LogP contribution in [0.3, 0.4) is 0 Å². The van der Waals surface area contributed by atoms with E-state index in [0.717, 1.165) is 35.1 Å². The Hall–Kier alpha value is -3.44. The van der Waals surface area contributed by atoms with Crippen LogP contribution in [0.15, 0.2) is 45.9 Å². The number of pyridine rings is 1. The molecule has 3 aromatic rings. The first kappa shape index (κ1) is 20.5. The summed E-state index contributed by atoms with van der Waals surface area (Å²) in [7, 11) is -2.01. The van der Waals surface area contributed by atoms with Crippen molar-refractivity contribution >= 4 is 21.6 Å². The van der Waals surface area contributed by atoms with Crippen LogP contribution in [0, 0.1) is 0 Å². The maximum absolute atomic E-state index is 13.1. The molecule has 0 unspecified atom stereocenters. The lowest BCUT2D eigenvalue weighted by Gasteiger charge is -2.25. The van der Waals surface area contributed by atoms with Gasteiger partial charge < -0.3 is 14.8 Å². The zero-order valence-corrected chi connectivity index (χ0v) is 18.4. The number of anilines is 1. The number of carbonyl (C=O) groups excluding carboxylic acids is 1. The average Bonchev–Trinajstić information content (AvgIpc) is 3.28. The van der Waals surface area contributed by atoms with Crippen LogP contribution >= 0.6 is 0 Å². The van der Waals surface area contributed by atoms with Gasteiger partial charge in [-0.1, -0.05) is 12.1 Å². The molecule has 1 aromatic carbocycles. The topological polar surface area (TPSA) is 134 Å². The van der Waals surface area contributed by atoms with Crippen LogP contribution in [0.5, 0.6) is 11.8 Å². The molecule has 0 fully saturated rings. The van der Waals surface area contributed by atoms with Gasteiger partial charge in [-0.25, -0.2) is 23.8 Å². The second kappa shape index (κ2) is 7.61. The van der Waals surface area contributed by atoms with E-state index in [0.29, 0.717) is 18.1 Å². The molecule has 2 aromatic heterocycles. The molecule has 3 heterocycles. The molecule has 32 heavy (non-hydrogen) atoms. The van der Waals surface area contributed by atoms with Crippen molar-refractivity contribution in [1.29, 1.82) is 0 Å². The maximum atomic E-state index is 13.1. The number of aryl methyl sites for hydroxylation is 1. The Bertz CT molecular complexity index is 1360. The molecule has 5 rings (SSSR count). The lowest BCUT2D eigenvalue weighted by molar-refractivity contribution is 0.248. The van der Waals surface area contributed by atoms with Gasteiger partial charge in [0.1, 0.15) is 11.0 Å². The van der Waals surface area contributed by atoms with Crippen LogP contribution in [0.1, 0.15) is 18.1 Å². The second-order valence-corrected chi connectivity index (χ2v) is 9.49. The van der Waals surface area contributed by atoms with Crippen molar-refractivity contribution < 1.29 is 18.5 Å². The highest BCUT2D eigenvalue weighted by Gasteiger charge is 2.29. The summed E-state index contributed by atoms with van der Waals surface area (Å²) in [6.07, 6.45) is 4.61. The van der Waals surface area contributed by atoms with Crippen molar-refractivity contribution in [2.75, 3.05) is 12.4 Å². The van der Waals surface area contributed by atoms with Gasteiger partial charge >= 0.3 is 6.03 Å². The summed E-state index contributed by atoms with van der Waals surface area (Å²) in [5.41, 5.74) is 4.41. The van der Waals surface area contributed by atoms with Gasteiger partial charge in [0.25, 0.3) is 0 Å². The van der Waals surface area contributed by atoms with Gasteiger partial charge in [0, 0.05) is 17.8 Å². The van der Waals surface area contributed by atoms with Crippen molar-refractivity contribution in [3.05, 3.63) is 47.8 Å². The fourth-order valence-electron chi connectivity index (χ4n) is 3.95. The van der Waals surface area contributed by atoms with E-state index < -0.39 is 15.9 Å². The number of hydrogen-bond donors (Lipinski definition) is 2. The summed E-state index contributed by atoms with van der Waals surface area (Å²) in [6.45, 7) is 2.38. The molecule has 2 aliphatic rings. The van der Waals surface area contributed by atoms with Crippen LogP contribution in [-0.4, -0.2) is 38.2 Å². The molecule has 0 bridgehead atoms. The minimum Gasteiger partial charge on any atom is -0.481 e. The lowest BCUT2D eigenvalue weighted by atomic mass is 9.84. The molecule has 0 saturated carbocycles. The van der Waals surface area contributed by atoms with Crippen molar-refractivity contribution in [3.63, 3.8) is 0 Å². The summed E-state index contributed by atoms with van der Waals surface area (Å²) in [6, 6.07) is 6.78. The Kier molecular flexibility index (Phi) is 4.86. The smallest absolute Gasteiger partial charge is 0.354 e. The lowest BCUT2D eigenvalue weighted by Crippen LogP contribution is -2.20. The van der Waals surface area contributed by atoms with E-state index in [-0.39, 0.29) is 16.9 Å². The van der Waals surface area contributed by atoms with Gasteiger partial charge in [0.2, 0.25) is 11.8 Å². The summed E-state index contributed by atoms with van der Waals surface area (Å²) in [4.78, 5) is 17.1. The van der Waals surface area contributed by atoms with Crippen molar-refractivity contribution in [3.8, 4) is 22.9 Å². The Balaban J connectivity index is 1.50. The zero-order valence-electron chi connectivity index (χ0n) is 17.6. The molecule has 1 aliphatic carbocycles. The molecule has 2 amide bonds. The third kappa shape index (κ3) is 3.49. The first-order valence-electron chi connectivity index (χ1n) is 10.1. The van der Waals surface area contributed by atoms with Gasteiger partial charge in [-0.05, 0) is 42.5 Å². The number of nitrogens with two attached hydrogens (primary N) is 1. The van der Waals surface area contributed by atoms with Gasteiger partial charge in [0.15, 0.2) is 9.92 Å². The first-order valence-corrected chi connectivity index (χ1v) is 11.7. The minimum absolute atomic E-state index is 0.108. The number of rotatable bonds is 4. The quantitative estimate of drug-likeness (QED) is 0.623. The first-order chi connectivity index (χ1) is 15.4. The van der Waals surface area contributed by atoms with Crippen LogP contribution in [0.2, 0.25) is 0 Å². The van der Waals surface area contributed by atoms with E-state index in [2.05, 4.69) is 19.8 Å². The standard InChI is InChI=1S/C21H22N6O4S/c1-12-11-27-20(31-12)17(10-24-27)32(22,29)26-21(28)25-19-15-5-3-13(15)4-6-16(19)14-7-8-23-18(9-14)30-2/h4,6-10,12H,3,5,11H2,1-2H3,(H3,22,25,26,28,29)/t12-,32+/m1/s1. The number of carbonyl (C=O) groups is 1. The van der Waals surface area contributed by atoms with E-state index in [1.165, 1.54) is 6.20 Å². The summed E-state index contributed by atoms with van der Waals surface area (Å²) < 4.78 is 29.3. The molecular weight excluding hydrogens is 432 g/mol. The van der Waals surface area contributed by atoms with Crippen LogP contribution in [-0.2, 0) is 29.3 Å². The van der Waals surface area contributed by atoms with Gasteiger partial charge in [-0.15, -0.1) is 4.36 Å². The van der Waals surface area contributed by atoms with Crippen LogP contribution in [0.25, 0.3) is 11.1 Å². The normalized spacial score (nSPS) is 17.9. The largest absolute Gasteiger partial charge is 0.481 e. The van der Waals surface area contributed by atoms with E-state index in [9.17, 15) is 9.00 Å². The molecule has 0 spiro atoms. The number of hydrogen-bond acceptors (Lipinski definition) is 6. The third-order valence-corrected chi connectivity index (χ3v) is 6.92. The molecule has 2 atom stereocenters. The molecule has 1 aliphatic heterocycles. The fourth-order valence-corrected chi connectivity index (χ4v) is 4.94. The molecule has 0 saturated heterocycles. The molecule has 10 nitrogen and oxygen atoms in total. The summed E-state index contributed by atoms with van der Waals surface area (Å²) in [5, 5.41) is 12.9. The highest BCUT2D eigenvalue weighted by atomic mass is 32.2. The highest BCUT2D eigenvalue weighted by Crippen LogP contribution is 2.39. The van der Waals surface area contributed by atoms with Gasteiger partial charge in [-0.2, -0.15) is 5.10 Å². The maximum Gasteiger partial charge on any atom is 0.354 e. The van der Waals surface area contributed by atoms with E-state index in [4.69, 9.17) is 14.6 Å². The molecule has 166 valence electrons. The van der Waals surface area contributed by atoms with E-state index in [1.807, 2.05) is 25.1 Å². The number of nitrogens with one attached hydrogen (secondary N) is 1. The van der Waals surface area contributed by atoms with Crippen molar-refractivity contribution in [2.45, 2.75) is 37.3 Å². The molecule has 3 N–H and O–H groups in total. The Labute approximate surface area is 185 Å². The van der Waals surface area contributed by atoms with Crippen molar-refractivity contribution in [1.82, 2.24) is 14.8 Å². The Morgan fingerprint density at radius 1 is 1.38 bits per heavy atom. The second-order valence-electron chi connectivity index (χ2n) is 7.73. The Morgan fingerprint density at radius 3 is 2.97 bits per heavy atom. The number of benzene rings is 1.